The van der Waals surface area contributed by atoms with Crippen molar-refractivity contribution in [1.29, 1.82) is 10.5 Å². The fraction of sp³-hybridized carbons (Fsp3) is 0.400. The van der Waals surface area contributed by atoms with E-state index in [-0.39, 0.29) is 0 Å². The molecule has 0 fully saturated rings. The van der Waals surface area contributed by atoms with Gasteiger partial charge in [-0.3, -0.25) is 0 Å². The molecule has 0 bridgehead atoms. The Morgan fingerprint density at radius 2 is 0.909 bits per heavy atom. The summed E-state index contributed by atoms with van der Waals surface area (Å²) in [5.74, 6) is 1.19. The van der Waals surface area contributed by atoms with E-state index in [1.807, 2.05) is 84.9 Å². The summed E-state index contributed by atoms with van der Waals surface area (Å²) in [6, 6.07) is 28.3. The fourth-order valence-corrected chi connectivity index (χ4v) is 5.12. The third-order valence-electron chi connectivity index (χ3n) is 7.64. The highest BCUT2D eigenvalue weighted by molar-refractivity contribution is 5.96. The topological polar surface area (TPSA) is 66.0 Å². The van der Waals surface area contributed by atoms with Crippen LogP contribution in [0.25, 0.3) is 23.3 Å². The molecule has 0 saturated carbocycles. The van der Waals surface area contributed by atoms with Crippen LogP contribution in [0.1, 0.15) is 113 Å². The molecule has 0 aliphatic rings. The zero-order chi connectivity index (χ0) is 31.2. The first kappa shape index (κ1) is 34.2. The Bertz CT molecular complexity index is 1290. The second kappa shape index (κ2) is 20.6. The smallest absolute Gasteiger partial charge is 0.128 e. The van der Waals surface area contributed by atoms with Gasteiger partial charge in [0.25, 0.3) is 0 Å². The number of rotatable bonds is 20. The van der Waals surface area contributed by atoms with Crippen LogP contribution in [0.4, 0.5) is 0 Å². The largest absolute Gasteiger partial charge is 0.493 e. The van der Waals surface area contributed by atoms with E-state index in [1.54, 1.807) is 0 Å². The molecule has 0 spiro atoms. The Morgan fingerprint density at radius 3 is 1.27 bits per heavy atom. The first-order valence-corrected chi connectivity index (χ1v) is 16.5. The molecule has 0 unspecified atom stereocenters. The van der Waals surface area contributed by atoms with Gasteiger partial charge < -0.3 is 9.47 Å². The van der Waals surface area contributed by atoms with Gasteiger partial charge in [0, 0.05) is 11.1 Å². The summed E-state index contributed by atoms with van der Waals surface area (Å²) in [6.45, 7) is 5.54. The zero-order valence-electron chi connectivity index (χ0n) is 26.7. The van der Waals surface area contributed by atoms with Crippen LogP contribution in [0, 0.1) is 22.7 Å². The quantitative estimate of drug-likeness (QED) is 0.0748. The van der Waals surface area contributed by atoms with Gasteiger partial charge in [-0.05, 0) is 48.3 Å². The molecule has 4 heteroatoms. The van der Waals surface area contributed by atoms with Gasteiger partial charge in [-0.25, -0.2) is 0 Å². The molecule has 0 heterocycles. The molecule has 3 aromatic rings. The Balaban J connectivity index is 2.01. The minimum Gasteiger partial charge on any atom is -0.493 e. The maximum atomic E-state index is 10.3. The molecule has 0 atom stereocenters. The van der Waals surface area contributed by atoms with Crippen molar-refractivity contribution in [2.75, 3.05) is 13.2 Å². The second-order valence-electron chi connectivity index (χ2n) is 11.2. The van der Waals surface area contributed by atoms with Crippen LogP contribution >= 0.6 is 0 Å². The minimum atomic E-state index is 0.496. The predicted octanol–water partition coefficient (Wildman–Crippen LogP) is 11.3. The molecular formula is C40H48N2O2. The highest BCUT2D eigenvalue weighted by Gasteiger charge is 2.19. The first-order valence-electron chi connectivity index (χ1n) is 16.5. The van der Waals surface area contributed by atoms with E-state index in [4.69, 9.17) is 9.47 Å². The van der Waals surface area contributed by atoms with E-state index in [1.165, 1.54) is 51.4 Å². The zero-order valence-corrected chi connectivity index (χ0v) is 26.7. The van der Waals surface area contributed by atoms with E-state index < -0.39 is 0 Å². The molecule has 0 radical (unpaired) electrons. The van der Waals surface area contributed by atoms with Crippen LogP contribution in [0.2, 0.25) is 0 Å². The maximum absolute atomic E-state index is 10.3. The standard InChI is InChI=1S/C40H48N2O2/c1-3-5-7-9-11-19-25-43-39-29-38(36(32-42)28-34-23-17-14-18-24-34)40(44-26-20-12-10-8-6-4-2)30-37(39)35(31-41)27-33-21-15-13-16-22-33/h13-18,21-24,27-30H,3-12,19-20,25-26H2,1-2H3/b35-27+,36-28+. The highest BCUT2D eigenvalue weighted by atomic mass is 16.5. The van der Waals surface area contributed by atoms with Crippen LogP contribution in [-0.4, -0.2) is 13.2 Å². The second-order valence-corrected chi connectivity index (χ2v) is 11.2. The van der Waals surface area contributed by atoms with E-state index in [0.717, 1.165) is 36.8 Å². The van der Waals surface area contributed by atoms with Crippen molar-refractivity contribution in [3.05, 3.63) is 95.1 Å². The third-order valence-corrected chi connectivity index (χ3v) is 7.64. The Kier molecular flexibility index (Phi) is 16.0. The lowest BCUT2D eigenvalue weighted by Gasteiger charge is -2.18. The molecule has 230 valence electrons. The van der Waals surface area contributed by atoms with Crippen molar-refractivity contribution >= 4 is 23.3 Å². The summed E-state index contributed by atoms with van der Waals surface area (Å²) in [5.41, 5.74) is 4.23. The summed E-state index contributed by atoms with van der Waals surface area (Å²) in [4.78, 5) is 0. The van der Waals surface area contributed by atoms with Crippen LogP contribution in [-0.2, 0) is 0 Å². The van der Waals surface area contributed by atoms with Gasteiger partial charge >= 0.3 is 0 Å². The average Bonchev–Trinajstić information content (AvgIpc) is 3.06. The van der Waals surface area contributed by atoms with Gasteiger partial charge in [-0.15, -0.1) is 0 Å². The molecule has 3 aromatic carbocycles. The van der Waals surface area contributed by atoms with Gasteiger partial charge in [0.15, 0.2) is 0 Å². The SMILES string of the molecule is CCCCCCCCOc1cc(/C(C#N)=C/c2ccccc2)c(OCCCCCCCC)cc1/C(C#N)=C/c1ccccc1. The number of ether oxygens (including phenoxy) is 2. The van der Waals surface area contributed by atoms with Gasteiger partial charge in [0.1, 0.15) is 11.5 Å². The summed E-state index contributed by atoms with van der Waals surface area (Å²) in [7, 11) is 0. The molecule has 0 N–H and O–H groups in total. The molecule has 0 aromatic heterocycles. The lowest BCUT2D eigenvalue weighted by atomic mass is 9.96. The van der Waals surface area contributed by atoms with E-state index >= 15 is 0 Å². The monoisotopic (exact) mass is 588 g/mol. The van der Waals surface area contributed by atoms with Crippen molar-refractivity contribution in [3.63, 3.8) is 0 Å². The molecule has 0 aliphatic heterocycles. The van der Waals surface area contributed by atoms with Crippen LogP contribution in [0.5, 0.6) is 11.5 Å². The van der Waals surface area contributed by atoms with Gasteiger partial charge in [0.05, 0.1) is 36.5 Å². The summed E-state index contributed by atoms with van der Waals surface area (Å²) >= 11 is 0. The summed E-state index contributed by atoms with van der Waals surface area (Å²) in [5, 5.41) is 20.6. The van der Waals surface area contributed by atoms with Gasteiger partial charge in [-0.2, -0.15) is 10.5 Å². The summed E-state index contributed by atoms with van der Waals surface area (Å²) in [6.07, 6.45) is 17.7. The van der Waals surface area contributed by atoms with Gasteiger partial charge in [-0.1, -0.05) is 139 Å². The molecular weight excluding hydrogens is 540 g/mol. The number of nitrogens with zero attached hydrogens (tertiary/aromatic N) is 2. The molecule has 4 nitrogen and oxygen atoms in total. The van der Waals surface area contributed by atoms with Crippen molar-refractivity contribution in [3.8, 4) is 23.6 Å². The number of benzene rings is 3. The highest BCUT2D eigenvalue weighted by Crippen LogP contribution is 2.38. The summed E-state index contributed by atoms with van der Waals surface area (Å²) < 4.78 is 12.8. The minimum absolute atomic E-state index is 0.496. The number of hydrogen-bond acceptors (Lipinski definition) is 4. The van der Waals surface area contributed by atoms with E-state index in [0.29, 0.717) is 47.0 Å². The molecule has 0 amide bonds. The average molecular weight is 589 g/mol. The molecule has 44 heavy (non-hydrogen) atoms. The van der Waals surface area contributed by atoms with Crippen LogP contribution in [0.15, 0.2) is 72.8 Å². The fourth-order valence-electron chi connectivity index (χ4n) is 5.12. The molecule has 3 rings (SSSR count). The Hall–Kier alpha value is -4.28. The normalized spacial score (nSPS) is 11.5. The van der Waals surface area contributed by atoms with Crippen molar-refractivity contribution in [2.24, 2.45) is 0 Å². The lowest BCUT2D eigenvalue weighted by molar-refractivity contribution is 0.295. The molecule has 0 aliphatic carbocycles. The van der Waals surface area contributed by atoms with Crippen LogP contribution in [0.3, 0.4) is 0 Å². The van der Waals surface area contributed by atoms with E-state index in [9.17, 15) is 10.5 Å². The Morgan fingerprint density at radius 1 is 0.545 bits per heavy atom. The number of hydrogen-bond donors (Lipinski definition) is 0. The number of nitriles is 2. The van der Waals surface area contributed by atoms with Crippen LogP contribution < -0.4 is 9.47 Å². The first-order chi connectivity index (χ1) is 21.7. The number of allylic oxidation sites excluding steroid dienone is 2. The van der Waals surface area contributed by atoms with E-state index in [2.05, 4.69) is 26.0 Å². The van der Waals surface area contributed by atoms with Gasteiger partial charge in [0.2, 0.25) is 0 Å². The van der Waals surface area contributed by atoms with Crippen molar-refractivity contribution < 1.29 is 9.47 Å². The molecule has 0 saturated heterocycles. The maximum Gasteiger partial charge on any atom is 0.128 e. The third kappa shape index (κ3) is 11.8. The lowest BCUT2D eigenvalue weighted by Crippen LogP contribution is -2.05. The predicted molar refractivity (Wildman–Crippen MR) is 184 cm³/mol. The van der Waals surface area contributed by atoms with Crippen molar-refractivity contribution in [1.82, 2.24) is 0 Å². The van der Waals surface area contributed by atoms with Crippen molar-refractivity contribution in [2.45, 2.75) is 90.9 Å². The number of unbranched alkanes of at least 4 members (excludes halogenated alkanes) is 10. The Labute approximate surface area is 265 Å².